The number of carbonyl (C=O) groups excluding carboxylic acids is 1. The molecular weight excluding hydrogens is 336 g/mol. The van der Waals surface area contributed by atoms with Crippen LogP contribution in [-0.2, 0) is 11.2 Å². The van der Waals surface area contributed by atoms with Crippen LogP contribution in [0.1, 0.15) is 57.2 Å². The van der Waals surface area contributed by atoms with Gasteiger partial charge in [0.25, 0.3) is 0 Å². The van der Waals surface area contributed by atoms with E-state index in [4.69, 9.17) is 4.74 Å². The van der Waals surface area contributed by atoms with E-state index in [9.17, 15) is 4.79 Å². The Labute approximate surface area is 163 Å². The Kier molecular flexibility index (Phi) is 5.66. The fourth-order valence-corrected chi connectivity index (χ4v) is 4.30. The van der Waals surface area contributed by atoms with E-state index in [1.165, 1.54) is 42.4 Å². The molecule has 1 aliphatic rings. The SMILES string of the molecule is CCN1CCC(Cc2c(C)cc(C)c3c2ccn3C(=O)OC(C)(C)C)CC1. The molecule has 0 atom stereocenters. The maximum Gasteiger partial charge on any atom is 0.418 e. The Bertz CT molecular complexity index is 821. The van der Waals surface area contributed by atoms with Crippen molar-refractivity contribution in [3.8, 4) is 0 Å². The second kappa shape index (κ2) is 7.67. The van der Waals surface area contributed by atoms with Crippen LogP contribution in [0.3, 0.4) is 0 Å². The molecule has 1 saturated heterocycles. The first-order chi connectivity index (χ1) is 12.7. The van der Waals surface area contributed by atoms with Crippen LogP contribution >= 0.6 is 0 Å². The van der Waals surface area contributed by atoms with E-state index in [0.29, 0.717) is 0 Å². The third-order valence-electron chi connectivity index (χ3n) is 5.73. The fraction of sp³-hybridized carbons (Fsp3) is 0.609. The number of piperidine rings is 1. The summed E-state index contributed by atoms with van der Waals surface area (Å²) in [5, 5.41) is 1.20. The quantitative estimate of drug-likeness (QED) is 0.734. The van der Waals surface area contributed by atoms with Crippen LogP contribution in [0.5, 0.6) is 0 Å². The van der Waals surface area contributed by atoms with Gasteiger partial charge in [-0.1, -0.05) is 13.0 Å². The van der Waals surface area contributed by atoms with E-state index >= 15 is 0 Å². The van der Waals surface area contributed by atoms with Gasteiger partial charge in [-0.2, -0.15) is 0 Å². The molecule has 27 heavy (non-hydrogen) atoms. The van der Waals surface area contributed by atoms with Crippen molar-refractivity contribution in [2.24, 2.45) is 5.92 Å². The predicted octanol–water partition coefficient (Wildman–Crippen LogP) is 5.32. The first-order valence-electron chi connectivity index (χ1n) is 10.3. The Balaban J connectivity index is 1.92. The van der Waals surface area contributed by atoms with Gasteiger partial charge in [0, 0.05) is 11.6 Å². The number of hydrogen-bond acceptors (Lipinski definition) is 3. The van der Waals surface area contributed by atoms with E-state index in [1.54, 1.807) is 4.57 Å². The highest BCUT2D eigenvalue weighted by Gasteiger charge is 2.23. The van der Waals surface area contributed by atoms with Gasteiger partial charge in [0.05, 0.1) is 5.52 Å². The zero-order valence-corrected chi connectivity index (χ0v) is 17.8. The largest absolute Gasteiger partial charge is 0.443 e. The molecule has 0 amide bonds. The minimum Gasteiger partial charge on any atom is -0.443 e. The summed E-state index contributed by atoms with van der Waals surface area (Å²) >= 11 is 0. The molecule has 3 rings (SSSR count). The highest BCUT2D eigenvalue weighted by atomic mass is 16.6. The van der Waals surface area contributed by atoms with Crippen LogP contribution in [0.25, 0.3) is 10.9 Å². The normalized spacial score (nSPS) is 16.8. The predicted molar refractivity (Wildman–Crippen MR) is 112 cm³/mol. The molecule has 0 unspecified atom stereocenters. The number of ether oxygens (including phenoxy) is 1. The van der Waals surface area contributed by atoms with Crippen molar-refractivity contribution in [2.75, 3.05) is 19.6 Å². The van der Waals surface area contributed by atoms with Crippen LogP contribution < -0.4 is 0 Å². The summed E-state index contributed by atoms with van der Waals surface area (Å²) in [6.07, 6.45) is 5.18. The number of aryl methyl sites for hydroxylation is 2. The molecule has 148 valence electrons. The molecule has 1 aromatic carbocycles. The van der Waals surface area contributed by atoms with Gasteiger partial charge >= 0.3 is 6.09 Å². The number of hydrogen-bond donors (Lipinski definition) is 0. The lowest BCUT2D eigenvalue weighted by atomic mass is 9.86. The molecule has 1 aliphatic heterocycles. The molecule has 0 radical (unpaired) electrons. The van der Waals surface area contributed by atoms with Crippen LogP contribution in [-0.4, -0.2) is 40.8 Å². The van der Waals surface area contributed by atoms with Gasteiger partial charge < -0.3 is 9.64 Å². The van der Waals surface area contributed by atoms with Crippen molar-refractivity contribution >= 4 is 17.0 Å². The van der Waals surface area contributed by atoms with Gasteiger partial charge in [-0.05, 0) is 102 Å². The monoisotopic (exact) mass is 370 g/mol. The molecule has 1 aromatic heterocycles. The Morgan fingerprint density at radius 3 is 2.44 bits per heavy atom. The first-order valence-corrected chi connectivity index (χ1v) is 10.3. The summed E-state index contributed by atoms with van der Waals surface area (Å²) in [6, 6.07) is 4.31. The second-order valence-electron chi connectivity index (χ2n) is 9.00. The minimum atomic E-state index is -0.498. The smallest absolute Gasteiger partial charge is 0.418 e. The summed E-state index contributed by atoms with van der Waals surface area (Å²) in [4.78, 5) is 15.2. The lowest BCUT2D eigenvalue weighted by molar-refractivity contribution is 0.0544. The van der Waals surface area contributed by atoms with Crippen LogP contribution in [0.2, 0.25) is 0 Å². The third-order valence-corrected chi connectivity index (χ3v) is 5.73. The van der Waals surface area contributed by atoms with Crippen molar-refractivity contribution in [3.05, 3.63) is 35.0 Å². The molecule has 0 N–H and O–H groups in total. The summed E-state index contributed by atoms with van der Waals surface area (Å²) in [6.45, 7) is 15.8. The van der Waals surface area contributed by atoms with E-state index in [-0.39, 0.29) is 6.09 Å². The molecule has 0 aliphatic carbocycles. The Morgan fingerprint density at radius 2 is 1.85 bits per heavy atom. The lowest BCUT2D eigenvalue weighted by Crippen LogP contribution is -2.34. The van der Waals surface area contributed by atoms with Crippen molar-refractivity contribution < 1.29 is 9.53 Å². The molecule has 0 bridgehead atoms. The number of fused-ring (bicyclic) bond motifs is 1. The third kappa shape index (κ3) is 4.37. The van der Waals surface area contributed by atoms with Crippen molar-refractivity contribution in [1.29, 1.82) is 0 Å². The molecule has 4 nitrogen and oxygen atoms in total. The maximum atomic E-state index is 12.7. The summed E-state index contributed by atoms with van der Waals surface area (Å²) in [5.41, 5.74) is 4.36. The highest BCUT2D eigenvalue weighted by Crippen LogP contribution is 2.32. The lowest BCUT2D eigenvalue weighted by Gasteiger charge is -2.31. The number of aromatic nitrogens is 1. The zero-order valence-electron chi connectivity index (χ0n) is 17.8. The van der Waals surface area contributed by atoms with Crippen LogP contribution in [0.15, 0.2) is 18.3 Å². The van der Waals surface area contributed by atoms with Crippen LogP contribution in [0, 0.1) is 19.8 Å². The number of benzene rings is 1. The molecule has 1 fully saturated rings. The fourth-order valence-electron chi connectivity index (χ4n) is 4.30. The topological polar surface area (TPSA) is 34.5 Å². The number of nitrogens with zero attached hydrogens (tertiary/aromatic N) is 2. The summed E-state index contributed by atoms with van der Waals surface area (Å²) < 4.78 is 7.29. The molecule has 4 heteroatoms. The van der Waals surface area contributed by atoms with Gasteiger partial charge in [0.2, 0.25) is 0 Å². The van der Waals surface area contributed by atoms with Crippen molar-refractivity contribution in [1.82, 2.24) is 9.47 Å². The molecule has 0 spiro atoms. The minimum absolute atomic E-state index is 0.299. The van der Waals surface area contributed by atoms with E-state index in [2.05, 4.69) is 37.8 Å². The van der Waals surface area contributed by atoms with Gasteiger partial charge in [-0.25, -0.2) is 4.79 Å². The number of likely N-dealkylation sites (tertiary alicyclic amines) is 1. The Morgan fingerprint density at radius 1 is 1.19 bits per heavy atom. The van der Waals surface area contributed by atoms with Gasteiger partial charge in [-0.3, -0.25) is 4.57 Å². The van der Waals surface area contributed by atoms with Crippen LogP contribution in [0.4, 0.5) is 4.79 Å². The van der Waals surface area contributed by atoms with Gasteiger partial charge in [0.1, 0.15) is 5.60 Å². The molecular formula is C23H34N2O2. The zero-order chi connectivity index (χ0) is 19.8. The van der Waals surface area contributed by atoms with Gasteiger partial charge in [0.15, 0.2) is 0 Å². The van der Waals surface area contributed by atoms with E-state index in [0.717, 1.165) is 30.0 Å². The van der Waals surface area contributed by atoms with Crippen molar-refractivity contribution in [3.63, 3.8) is 0 Å². The first kappa shape index (κ1) is 19.9. The Hall–Kier alpha value is -1.81. The second-order valence-corrected chi connectivity index (χ2v) is 9.00. The van der Waals surface area contributed by atoms with E-state index in [1.807, 2.05) is 27.0 Å². The number of rotatable bonds is 3. The highest BCUT2D eigenvalue weighted by molar-refractivity contribution is 5.94. The summed E-state index contributed by atoms with van der Waals surface area (Å²) in [7, 11) is 0. The number of carbonyl (C=O) groups is 1. The standard InChI is InChI=1S/C23H34N2O2/c1-7-24-11-8-18(9-12-24)15-20-16(2)14-17(3)21-19(20)10-13-25(21)22(26)27-23(4,5)6/h10,13-14,18H,7-9,11-12,15H2,1-6H3. The molecule has 2 heterocycles. The average Bonchev–Trinajstić information content (AvgIpc) is 3.03. The molecule has 0 saturated carbocycles. The van der Waals surface area contributed by atoms with Gasteiger partial charge in [-0.15, -0.1) is 0 Å². The molecule has 2 aromatic rings. The average molecular weight is 371 g/mol. The van der Waals surface area contributed by atoms with Crippen molar-refractivity contribution in [2.45, 2.75) is 66.4 Å². The summed E-state index contributed by atoms with van der Waals surface area (Å²) in [5.74, 6) is 0.724. The van der Waals surface area contributed by atoms with E-state index < -0.39 is 5.60 Å². The maximum absolute atomic E-state index is 12.7.